The smallest absolute Gasteiger partial charge is 0.274 e. The Morgan fingerprint density at radius 2 is 2.50 bits per heavy atom. The Labute approximate surface area is 120 Å². The van der Waals surface area contributed by atoms with Gasteiger partial charge in [0, 0.05) is 40.1 Å². The molecule has 0 bridgehead atoms. The van der Waals surface area contributed by atoms with Crippen molar-refractivity contribution in [3.05, 3.63) is 18.0 Å². The van der Waals surface area contributed by atoms with Gasteiger partial charge in [0.25, 0.3) is 5.91 Å². The van der Waals surface area contributed by atoms with E-state index in [1.807, 2.05) is 16.9 Å². The van der Waals surface area contributed by atoms with Crippen LogP contribution >= 0.6 is 0 Å². The summed E-state index contributed by atoms with van der Waals surface area (Å²) < 4.78 is 6.92. The molecule has 0 aromatic carbocycles. The topological polar surface area (TPSA) is 59.4 Å². The van der Waals surface area contributed by atoms with Gasteiger partial charge in [0.05, 0.1) is 6.04 Å². The summed E-state index contributed by atoms with van der Waals surface area (Å²) in [6.45, 7) is 3.36. The van der Waals surface area contributed by atoms with Crippen LogP contribution in [0.5, 0.6) is 0 Å². The molecule has 112 valence electrons. The lowest BCUT2D eigenvalue weighted by atomic mass is 10.1. The van der Waals surface area contributed by atoms with Crippen LogP contribution in [0, 0.1) is 0 Å². The largest absolute Gasteiger partial charge is 0.385 e. The van der Waals surface area contributed by atoms with Crippen molar-refractivity contribution in [1.29, 1.82) is 0 Å². The standard InChI is InChI=1S/C14H24N4O2/c1-17(8-4-10-20-2)14(19)13-6-9-18(16-13)12-5-3-7-15-11-12/h6,9,12,15H,3-5,7-8,10-11H2,1-2H3. The number of nitrogens with zero attached hydrogens (tertiary/aromatic N) is 3. The van der Waals surface area contributed by atoms with Crippen molar-refractivity contribution >= 4 is 5.91 Å². The summed E-state index contributed by atoms with van der Waals surface area (Å²) in [6.07, 6.45) is 5.02. The molecule has 1 amide bonds. The van der Waals surface area contributed by atoms with Crippen molar-refractivity contribution in [3.63, 3.8) is 0 Å². The summed E-state index contributed by atoms with van der Waals surface area (Å²) in [4.78, 5) is 13.9. The molecule has 0 aliphatic carbocycles. The predicted molar refractivity (Wildman–Crippen MR) is 76.8 cm³/mol. The van der Waals surface area contributed by atoms with Gasteiger partial charge in [0.1, 0.15) is 5.69 Å². The molecule has 0 saturated carbocycles. The second-order valence-corrected chi connectivity index (χ2v) is 5.25. The number of carbonyl (C=O) groups excluding carboxylic acids is 1. The highest BCUT2D eigenvalue weighted by molar-refractivity contribution is 5.91. The molecule has 1 aromatic rings. The number of piperidine rings is 1. The molecule has 1 N–H and O–H groups in total. The summed E-state index contributed by atoms with van der Waals surface area (Å²) in [7, 11) is 3.47. The van der Waals surface area contributed by atoms with Crippen LogP contribution < -0.4 is 5.32 Å². The minimum atomic E-state index is -0.0244. The Balaban J connectivity index is 1.91. The Morgan fingerprint density at radius 1 is 1.65 bits per heavy atom. The van der Waals surface area contributed by atoms with E-state index in [9.17, 15) is 4.79 Å². The third-order valence-electron chi connectivity index (χ3n) is 3.66. The van der Waals surface area contributed by atoms with E-state index in [-0.39, 0.29) is 5.91 Å². The van der Waals surface area contributed by atoms with Crippen molar-refractivity contribution in [2.24, 2.45) is 0 Å². The summed E-state index contributed by atoms with van der Waals surface area (Å²) >= 11 is 0. The van der Waals surface area contributed by atoms with Gasteiger partial charge in [0.2, 0.25) is 0 Å². The first kappa shape index (κ1) is 15.0. The molecule has 1 atom stereocenters. The zero-order chi connectivity index (χ0) is 14.4. The maximum atomic E-state index is 12.2. The second-order valence-electron chi connectivity index (χ2n) is 5.25. The minimum Gasteiger partial charge on any atom is -0.385 e. The molecule has 1 aliphatic rings. The number of hydrogen-bond donors (Lipinski definition) is 1. The lowest BCUT2D eigenvalue weighted by molar-refractivity contribution is 0.0772. The first-order valence-electron chi connectivity index (χ1n) is 7.22. The number of methoxy groups -OCH3 is 1. The van der Waals surface area contributed by atoms with Crippen molar-refractivity contribution in [2.75, 3.05) is 40.4 Å². The summed E-state index contributed by atoms with van der Waals surface area (Å²) in [5, 5.41) is 7.80. The van der Waals surface area contributed by atoms with Gasteiger partial charge in [0.15, 0.2) is 0 Å². The third-order valence-corrected chi connectivity index (χ3v) is 3.66. The Bertz CT molecular complexity index is 427. The summed E-state index contributed by atoms with van der Waals surface area (Å²) in [5.41, 5.74) is 0.524. The maximum absolute atomic E-state index is 12.2. The molecule has 2 heterocycles. The van der Waals surface area contributed by atoms with Crippen LogP contribution in [-0.4, -0.2) is 61.0 Å². The number of amides is 1. The van der Waals surface area contributed by atoms with Crippen LogP contribution in [-0.2, 0) is 4.74 Å². The van der Waals surface area contributed by atoms with Gasteiger partial charge in [-0.1, -0.05) is 0 Å². The van der Waals surface area contributed by atoms with Crippen molar-refractivity contribution in [1.82, 2.24) is 20.0 Å². The number of hydrogen-bond acceptors (Lipinski definition) is 4. The summed E-state index contributed by atoms with van der Waals surface area (Å²) in [5.74, 6) is -0.0244. The molecule has 20 heavy (non-hydrogen) atoms. The third kappa shape index (κ3) is 3.80. The molecule has 0 spiro atoms. The van der Waals surface area contributed by atoms with Crippen LogP contribution in [0.3, 0.4) is 0 Å². The second kappa shape index (κ2) is 7.40. The van der Waals surface area contributed by atoms with Crippen molar-refractivity contribution in [2.45, 2.75) is 25.3 Å². The number of ether oxygens (including phenoxy) is 1. The molecule has 6 heteroatoms. The molecule has 2 rings (SSSR count). The zero-order valence-corrected chi connectivity index (χ0v) is 12.3. The average molecular weight is 280 g/mol. The van der Waals surface area contributed by atoms with Gasteiger partial charge in [-0.15, -0.1) is 0 Å². The fraction of sp³-hybridized carbons (Fsp3) is 0.714. The van der Waals surface area contributed by atoms with Gasteiger partial charge >= 0.3 is 0 Å². The molecular weight excluding hydrogens is 256 g/mol. The molecule has 1 aromatic heterocycles. The van der Waals surface area contributed by atoms with Crippen LogP contribution in [0.2, 0.25) is 0 Å². The van der Waals surface area contributed by atoms with Gasteiger partial charge < -0.3 is 15.0 Å². The molecular formula is C14H24N4O2. The first-order chi connectivity index (χ1) is 9.72. The first-order valence-corrected chi connectivity index (χ1v) is 7.22. The summed E-state index contributed by atoms with van der Waals surface area (Å²) in [6, 6.07) is 2.17. The quantitative estimate of drug-likeness (QED) is 0.787. The highest BCUT2D eigenvalue weighted by Crippen LogP contribution is 2.16. The Hall–Kier alpha value is -1.40. The normalized spacial score (nSPS) is 19.0. The van der Waals surface area contributed by atoms with E-state index in [0.29, 0.717) is 24.9 Å². The van der Waals surface area contributed by atoms with E-state index in [1.165, 1.54) is 0 Å². The van der Waals surface area contributed by atoms with Crippen LogP contribution in [0.1, 0.15) is 35.8 Å². The van der Waals surface area contributed by atoms with Crippen molar-refractivity contribution < 1.29 is 9.53 Å². The minimum absolute atomic E-state index is 0.0244. The number of nitrogens with one attached hydrogen (secondary N) is 1. The highest BCUT2D eigenvalue weighted by atomic mass is 16.5. The van der Waals surface area contributed by atoms with Crippen LogP contribution in [0.4, 0.5) is 0 Å². The van der Waals surface area contributed by atoms with Gasteiger partial charge in [-0.25, -0.2) is 0 Å². The van der Waals surface area contributed by atoms with E-state index >= 15 is 0 Å². The maximum Gasteiger partial charge on any atom is 0.274 e. The monoisotopic (exact) mass is 280 g/mol. The van der Waals surface area contributed by atoms with E-state index in [0.717, 1.165) is 32.4 Å². The number of rotatable bonds is 6. The fourth-order valence-electron chi connectivity index (χ4n) is 2.46. The zero-order valence-electron chi connectivity index (χ0n) is 12.3. The van der Waals surface area contributed by atoms with Gasteiger partial charge in [-0.2, -0.15) is 5.10 Å². The predicted octanol–water partition coefficient (Wildman–Crippen LogP) is 0.916. The van der Waals surface area contributed by atoms with E-state index in [2.05, 4.69) is 10.4 Å². The van der Waals surface area contributed by atoms with E-state index in [1.54, 1.807) is 19.1 Å². The lowest BCUT2D eigenvalue weighted by Gasteiger charge is -2.23. The molecule has 6 nitrogen and oxygen atoms in total. The van der Waals surface area contributed by atoms with E-state index < -0.39 is 0 Å². The highest BCUT2D eigenvalue weighted by Gasteiger charge is 2.19. The fourth-order valence-corrected chi connectivity index (χ4v) is 2.46. The lowest BCUT2D eigenvalue weighted by Crippen LogP contribution is -2.32. The molecule has 1 saturated heterocycles. The van der Waals surface area contributed by atoms with Crippen LogP contribution in [0.15, 0.2) is 12.3 Å². The number of carbonyl (C=O) groups is 1. The molecule has 1 fully saturated rings. The Kier molecular flexibility index (Phi) is 5.55. The van der Waals surface area contributed by atoms with Gasteiger partial charge in [-0.05, 0) is 31.9 Å². The molecule has 1 aliphatic heterocycles. The Morgan fingerprint density at radius 3 is 3.20 bits per heavy atom. The number of aromatic nitrogens is 2. The molecule has 1 unspecified atom stereocenters. The SMILES string of the molecule is COCCCN(C)C(=O)c1ccn(C2CCCNC2)n1. The van der Waals surface area contributed by atoms with Crippen LogP contribution in [0.25, 0.3) is 0 Å². The van der Waals surface area contributed by atoms with Gasteiger partial charge in [-0.3, -0.25) is 9.48 Å². The van der Waals surface area contributed by atoms with E-state index in [4.69, 9.17) is 4.74 Å². The van der Waals surface area contributed by atoms with Crippen molar-refractivity contribution in [3.8, 4) is 0 Å². The molecule has 0 radical (unpaired) electrons. The average Bonchev–Trinajstić information content (AvgIpc) is 2.97.